The fraction of sp³-hybridized carbons (Fsp3) is 0.292. The Labute approximate surface area is 192 Å². The van der Waals surface area contributed by atoms with E-state index in [0.29, 0.717) is 31.9 Å². The highest BCUT2D eigenvalue weighted by atomic mass is 32.2. The maximum Gasteiger partial charge on any atom is 0.321 e. The van der Waals surface area contributed by atoms with Crippen LogP contribution in [0.25, 0.3) is 5.69 Å². The molecule has 3 amide bonds. The van der Waals surface area contributed by atoms with Gasteiger partial charge in [0.1, 0.15) is 0 Å². The van der Waals surface area contributed by atoms with E-state index < -0.39 is 0 Å². The van der Waals surface area contributed by atoms with Crippen molar-refractivity contribution in [1.82, 2.24) is 19.4 Å². The Bertz CT molecular complexity index is 1090. The predicted octanol–water partition coefficient (Wildman–Crippen LogP) is 3.96. The summed E-state index contributed by atoms with van der Waals surface area (Å²) in [6, 6.07) is 15.5. The molecule has 4 rings (SSSR count). The minimum Gasteiger partial charge on any atom is -0.338 e. The highest BCUT2D eigenvalue weighted by Gasteiger charge is 2.24. The molecule has 0 radical (unpaired) electrons. The number of amides is 3. The van der Waals surface area contributed by atoms with Crippen LogP contribution < -0.4 is 5.32 Å². The number of nitrogens with one attached hydrogen (secondary N) is 1. The van der Waals surface area contributed by atoms with E-state index in [1.807, 2.05) is 46.0 Å². The van der Waals surface area contributed by atoms with Crippen LogP contribution in [0.4, 0.5) is 10.5 Å². The number of piperazine rings is 1. The molecular formula is C24H27N5O2S. The lowest BCUT2D eigenvalue weighted by Gasteiger charge is -2.34. The standard InChI is InChI=1S/C24H27N5O2S/c1-18-8-9-21(16-19(18)2)29-11-10-25-24(29)32-17-22(30)27-12-14-28(15-13-27)23(31)26-20-6-4-3-5-7-20/h3-11,16H,12-15,17H2,1-2H3,(H,26,31). The fourth-order valence-corrected chi connectivity index (χ4v) is 4.44. The van der Waals surface area contributed by atoms with Crippen LogP contribution in [0.2, 0.25) is 0 Å². The summed E-state index contributed by atoms with van der Waals surface area (Å²) in [6.07, 6.45) is 3.67. The Morgan fingerprint density at radius 3 is 2.41 bits per heavy atom. The van der Waals surface area contributed by atoms with Crippen molar-refractivity contribution in [2.75, 3.05) is 37.2 Å². The summed E-state index contributed by atoms with van der Waals surface area (Å²) in [4.78, 5) is 33.2. The number of aromatic nitrogens is 2. The zero-order valence-corrected chi connectivity index (χ0v) is 19.1. The first-order valence-corrected chi connectivity index (χ1v) is 11.6. The van der Waals surface area contributed by atoms with E-state index >= 15 is 0 Å². The lowest BCUT2D eigenvalue weighted by atomic mass is 10.1. The maximum atomic E-state index is 12.8. The van der Waals surface area contributed by atoms with Crippen LogP contribution in [0.15, 0.2) is 66.1 Å². The normalized spacial score (nSPS) is 13.8. The average Bonchev–Trinajstić information content (AvgIpc) is 3.28. The zero-order valence-electron chi connectivity index (χ0n) is 18.3. The van der Waals surface area contributed by atoms with Crippen LogP contribution in [0.5, 0.6) is 0 Å². The van der Waals surface area contributed by atoms with Crippen molar-refractivity contribution in [2.45, 2.75) is 19.0 Å². The van der Waals surface area contributed by atoms with Crippen LogP contribution in [-0.4, -0.2) is 63.2 Å². The third kappa shape index (κ3) is 5.13. The van der Waals surface area contributed by atoms with Crippen molar-refractivity contribution in [1.29, 1.82) is 0 Å². The zero-order chi connectivity index (χ0) is 22.5. The van der Waals surface area contributed by atoms with Crippen molar-refractivity contribution in [3.8, 4) is 5.69 Å². The number of urea groups is 1. The van der Waals surface area contributed by atoms with E-state index in [4.69, 9.17) is 0 Å². The predicted molar refractivity (Wildman–Crippen MR) is 127 cm³/mol. The number of rotatable bonds is 5. The highest BCUT2D eigenvalue weighted by molar-refractivity contribution is 7.99. The molecule has 2 aromatic carbocycles. The minimum absolute atomic E-state index is 0.0627. The Morgan fingerprint density at radius 2 is 1.69 bits per heavy atom. The van der Waals surface area contributed by atoms with E-state index in [9.17, 15) is 9.59 Å². The molecule has 0 saturated carbocycles. The Balaban J connectivity index is 1.28. The first kappa shape index (κ1) is 22.0. The topological polar surface area (TPSA) is 70.5 Å². The SMILES string of the molecule is Cc1ccc(-n2ccnc2SCC(=O)N2CCN(C(=O)Nc3ccccc3)CC2)cc1C. The van der Waals surface area contributed by atoms with E-state index in [1.165, 1.54) is 22.9 Å². The molecular weight excluding hydrogens is 422 g/mol. The number of para-hydroxylation sites is 1. The molecule has 0 bridgehead atoms. The Morgan fingerprint density at radius 1 is 0.969 bits per heavy atom. The summed E-state index contributed by atoms with van der Waals surface area (Å²) in [6.45, 7) is 6.29. The number of carbonyl (C=O) groups excluding carboxylic acids is 2. The van der Waals surface area contributed by atoms with Gasteiger partial charge in [0.25, 0.3) is 0 Å². The monoisotopic (exact) mass is 449 g/mol. The van der Waals surface area contributed by atoms with Gasteiger partial charge >= 0.3 is 6.03 Å². The van der Waals surface area contributed by atoms with Gasteiger partial charge in [-0.3, -0.25) is 9.36 Å². The van der Waals surface area contributed by atoms with Crippen LogP contribution in [0, 0.1) is 13.8 Å². The number of hydrogen-bond acceptors (Lipinski definition) is 4. The van der Waals surface area contributed by atoms with Gasteiger partial charge in [0.15, 0.2) is 5.16 Å². The van der Waals surface area contributed by atoms with Gasteiger partial charge in [0.05, 0.1) is 5.75 Å². The van der Waals surface area contributed by atoms with Gasteiger partial charge in [0, 0.05) is 49.9 Å². The number of hydrogen-bond donors (Lipinski definition) is 1. The molecule has 0 atom stereocenters. The summed E-state index contributed by atoms with van der Waals surface area (Å²) in [5, 5.41) is 3.69. The summed E-state index contributed by atoms with van der Waals surface area (Å²) < 4.78 is 2.01. The van der Waals surface area contributed by atoms with Crippen LogP contribution in [0.1, 0.15) is 11.1 Å². The lowest BCUT2D eigenvalue weighted by molar-refractivity contribution is -0.129. The molecule has 3 aromatic rings. The van der Waals surface area contributed by atoms with Gasteiger partial charge < -0.3 is 15.1 Å². The molecule has 1 N–H and O–H groups in total. The van der Waals surface area contributed by atoms with E-state index in [0.717, 1.165) is 16.5 Å². The van der Waals surface area contributed by atoms with Crippen LogP contribution >= 0.6 is 11.8 Å². The second-order valence-electron chi connectivity index (χ2n) is 7.80. The first-order valence-electron chi connectivity index (χ1n) is 10.6. The van der Waals surface area contributed by atoms with Gasteiger partial charge in [-0.25, -0.2) is 9.78 Å². The molecule has 166 valence electrons. The quantitative estimate of drug-likeness (QED) is 0.599. The molecule has 7 nitrogen and oxygen atoms in total. The third-order valence-corrected chi connectivity index (χ3v) is 6.60. The van der Waals surface area contributed by atoms with E-state index in [-0.39, 0.29) is 11.9 Å². The minimum atomic E-state index is -0.131. The third-order valence-electron chi connectivity index (χ3n) is 5.64. The number of thioether (sulfide) groups is 1. The van der Waals surface area contributed by atoms with Gasteiger partial charge in [0.2, 0.25) is 5.91 Å². The summed E-state index contributed by atoms with van der Waals surface area (Å²) in [5.74, 6) is 0.380. The van der Waals surface area contributed by atoms with Gasteiger partial charge in [-0.2, -0.15) is 0 Å². The Kier molecular flexibility index (Phi) is 6.80. The van der Waals surface area contributed by atoms with Crippen molar-refractivity contribution in [2.24, 2.45) is 0 Å². The van der Waals surface area contributed by atoms with Crippen LogP contribution in [-0.2, 0) is 4.79 Å². The molecule has 0 aliphatic carbocycles. The van der Waals surface area contributed by atoms with Crippen molar-refractivity contribution < 1.29 is 9.59 Å². The van der Waals surface area contributed by atoms with Gasteiger partial charge in [-0.1, -0.05) is 36.0 Å². The number of nitrogens with zero attached hydrogens (tertiary/aromatic N) is 4. The smallest absolute Gasteiger partial charge is 0.321 e. The number of imidazole rings is 1. The second kappa shape index (κ2) is 9.91. The van der Waals surface area contributed by atoms with Crippen molar-refractivity contribution in [3.05, 3.63) is 72.1 Å². The van der Waals surface area contributed by atoms with Crippen LogP contribution in [0.3, 0.4) is 0 Å². The highest BCUT2D eigenvalue weighted by Crippen LogP contribution is 2.22. The molecule has 1 aromatic heterocycles. The van der Waals surface area contributed by atoms with E-state index in [2.05, 4.69) is 42.3 Å². The average molecular weight is 450 g/mol. The molecule has 32 heavy (non-hydrogen) atoms. The first-order chi connectivity index (χ1) is 15.5. The summed E-state index contributed by atoms with van der Waals surface area (Å²) >= 11 is 1.44. The number of anilines is 1. The molecule has 1 aliphatic heterocycles. The largest absolute Gasteiger partial charge is 0.338 e. The number of aryl methyl sites for hydroxylation is 2. The molecule has 1 fully saturated rings. The molecule has 0 spiro atoms. The maximum absolute atomic E-state index is 12.8. The van der Waals surface area contributed by atoms with E-state index in [1.54, 1.807) is 11.1 Å². The van der Waals surface area contributed by atoms with Gasteiger partial charge in [-0.05, 0) is 49.2 Å². The lowest BCUT2D eigenvalue weighted by Crippen LogP contribution is -2.52. The van der Waals surface area contributed by atoms with Crippen molar-refractivity contribution in [3.63, 3.8) is 0 Å². The number of benzene rings is 2. The molecule has 8 heteroatoms. The van der Waals surface area contributed by atoms with Crippen molar-refractivity contribution >= 4 is 29.4 Å². The number of carbonyl (C=O) groups is 2. The molecule has 0 unspecified atom stereocenters. The summed E-state index contributed by atoms with van der Waals surface area (Å²) in [5.41, 5.74) is 4.28. The Hall–Kier alpha value is -3.26. The second-order valence-corrected chi connectivity index (χ2v) is 8.74. The summed E-state index contributed by atoms with van der Waals surface area (Å²) in [7, 11) is 0. The fourth-order valence-electron chi connectivity index (χ4n) is 3.57. The molecule has 1 saturated heterocycles. The molecule has 2 heterocycles. The molecule has 1 aliphatic rings. The van der Waals surface area contributed by atoms with Gasteiger partial charge in [-0.15, -0.1) is 0 Å².